The van der Waals surface area contributed by atoms with Gasteiger partial charge in [0.1, 0.15) is 0 Å². The van der Waals surface area contributed by atoms with E-state index < -0.39 is 0 Å². The highest BCUT2D eigenvalue weighted by atomic mass is 79.9. The molecule has 6 nitrogen and oxygen atoms in total. The molecule has 0 fully saturated rings. The van der Waals surface area contributed by atoms with E-state index in [4.69, 9.17) is 0 Å². The maximum Gasteiger partial charge on any atom is 0.234 e. The predicted molar refractivity (Wildman–Crippen MR) is 110 cm³/mol. The highest BCUT2D eigenvalue weighted by Crippen LogP contribution is 2.32. The lowest BCUT2D eigenvalue weighted by atomic mass is 10.2. The standard InChI is InChI=1S/C17H15Br2N5OS/c1-10-3-5-12(6-4-10)24-17(21-22-23-24)26-9-15(25)20-16-13(18)7-11(2)8-14(16)19/h3-8H,9H2,1-2H3,(H,20,25). The predicted octanol–water partition coefficient (Wildman–Crippen LogP) is 4.53. The fourth-order valence-electron chi connectivity index (χ4n) is 2.24. The number of thioether (sulfide) groups is 1. The van der Waals surface area contributed by atoms with Crippen LogP contribution < -0.4 is 5.32 Å². The Balaban J connectivity index is 1.68. The van der Waals surface area contributed by atoms with Crippen molar-refractivity contribution in [2.75, 3.05) is 11.1 Å². The van der Waals surface area contributed by atoms with Crippen molar-refractivity contribution in [3.8, 4) is 5.69 Å². The van der Waals surface area contributed by atoms with Crippen LogP contribution in [-0.2, 0) is 4.79 Å². The van der Waals surface area contributed by atoms with Gasteiger partial charge >= 0.3 is 0 Å². The van der Waals surface area contributed by atoms with Crippen molar-refractivity contribution in [2.45, 2.75) is 19.0 Å². The number of carbonyl (C=O) groups excluding carboxylic acids is 1. The third kappa shape index (κ3) is 4.52. The van der Waals surface area contributed by atoms with Gasteiger partial charge < -0.3 is 5.32 Å². The summed E-state index contributed by atoms with van der Waals surface area (Å²) in [5.41, 5.74) is 3.81. The Morgan fingerprint density at radius 1 is 1.12 bits per heavy atom. The molecule has 0 saturated carbocycles. The maximum absolute atomic E-state index is 12.3. The van der Waals surface area contributed by atoms with Gasteiger partial charge in [-0.25, -0.2) is 0 Å². The monoisotopic (exact) mass is 495 g/mol. The van der Waals surface area contributed by atoms with Gasteiger partial charge in [0.15, 0.2) is 0 Å². The molecule has 3 aromatic rings. The summed E-state index contributed by atoms with van der Waals surface area (Å²) in [5, 5.41) is 15.2. The zero-order valence-corrected chi connectivity index (χ0v) is 18.0. The summed E-state index contributed by atoms with van der Waals surface area (Å²) in [4.78, 5) is 12.3. The van der Waals surface area contributed by atoms with Crippen molar-refractivity contribution in [3.63, 3.8) is 0 Å². The lowest BCUT2D eigenvalue weighted by Gasteiger charge is -2.10. The summed E-state index contributed by atoms with van der Waals surface area (Å²) in [6.07, 6.45) is 0. The minimum Gasteiger partial charge on any atom is -0.323 e. The van der Waals surface area contributed by atoms with Crippen LogP contribution in [0.15, 0.2) is 50.5 Å². The molecule has 1 N–H and O–H groups in total. The van der Waals surface area contributed by atoms with Crippen LogP contribution in [0.2, 0.25) is 0 Å². The van der Waals surface area contributed by atoms with Gasteiger partial charge in [0, 0.05) is 8.95 Å². The third-order valence-corrected chi connectivity index (χ3v) is 5.67. The fraction of sp³-hybridized carbons (Fsp3) is 0.176. The van der Waals surface area contributed by atoms with Crippen LogP contribution >= 0.6 is 43.6 Å². The van der Waals surface area contributed by atoms with Gasteiger partial charge in [-0.3, -0.25) is 4.79 Å². The highest BCUT2D eigenvalue weighted by Gasteiger charge is 2.14. The Hall–Kier alpha value is -1.71. The number of nitrogens with one attached hydrogen (secondary N) is 1. The number of rotatable bonds is 5. The zero-order chi connectivity index (χ0) is 18.7. The lowest BCUT2D eigenvalue weighted by molar-refractivity contribution is -0.113. The third-order valence-electron chi connectivity index (χ3n) is 3.50. The number of aromatic nitrogens is 4. The van der Waals surface area contributed by atoms with Crippen LogP contribution in [0.5, 0.6) is 0 Å². The number of amides is 1. The summed E-state index contributed by atoms with van der Waals surface area (Å²) in [6, 6.07) is 11.8. The van der Waals surface area contributed by atoms with E-state index in [0.717, 1.165) is 25.8 Å². The number of halogens is 2. The number of tetrazole rings is 1. The molecule has 1 heterocycles. The van der Waals surface area contributed by atoms with Crippen LogP contribution in [0.1, 0.15) is 11.1 Å². The van der Waals surface area contributed by atoms with E-state index in [1.165, 1.54) is 11.8 Å². The van der Waals surface area contributed by atoms with Gasteiger partial charge in [-0.1, -0.05) is 29.5 Å². The Kier molecular flexibility index (Phi) is 6.10. The van der Waals surface area contributed by atoms with Gasteiger partial charge in [-0.05, 0) is 86.0 Å². The highest BCUT2D eigenvalue weighted by molar-refractivity contribution is 9.11. The van der Waals surface area contributed by atoms with Crippen LogP contribution in [0.3, 0.4) is 0 Å². The van der Waals surface area contributed by atoms with Gasteiger partial charge in [-0.2, -0.15) is 4.68 Å². The van der Waals surface area contributed by atoms with E-state index in [2.05, 4.69) is 52.7 Å². The minimum absolute atomic E-state index is 0.140. The molecule has 134 valence electrons. The fourth-order valence-corrected chi connectivity index (χ4v) is 4.55. The Morgan fingerprint density at radius 3 is 2.42 bits per heavy atom. The van der Waals surface area contributed by atoms with Gasteiger partial charge in [0.05, 0.1) is 17.1 Å². The molecule has 1 aromatic heterocycles. The number of carbonyl (C=O) groups is 1. The Labute approximate surface area is 172 Å². The molecule has 2 aromatic carbocycles. The number of anilines is 1. The Bertz CT molecular complexity index is 920. The molecule has 3 rings (SSSR count). The smallest absolute Gasteiger partial charge is 0.234 e. The van der Waals surface area contributed by atoms with Crippen molar-refractivity contribution >= 4 is 55.2 Å². The van der Waals surface area contributed by atoms with Crippen molar-refractivity contribution in [1.82, 2.24) is 20.2 Å². The number of hydrogen-bond acceptors (Lipinski definition) is 5. The second-order valence-corrected chi connectivity index (χ2v) is 8.30. The van der Waals surface area contributed by atoms with E-state index in [9.17, 15) is 4.79 Å². The summed E-state index contributed by atoms with van der Waals surface area (Å²) >= 11 is 8.23. The lowest BCUT2D eigenvalue weighted by Crippen LogP contribution is -2.15. The SMILES string of the molecule is Cc1ccc(-n2nnnc2SCC(=O)Nc2c(Br)cc(C)cc2Br)cc1. The van der Waals surface area contributed by atoms with Crippen molar-refractivity contribution < 1.29 is 4.79 Å². The number of benzene rings is 2. The molecule has 0 aliphatic carbocycles. The van der Waals surface area contributed by atoms with E-state index >= 15 is 0 Å². The van der Waals surface area contributed by atoms with Crippen molar-refractivity contribution in [1.29, 1.82) is 0 Å². The molecule has 0 spiro atoms. The topological polar surface area (TPSA) is 72.7 Å². The first-order chi connectivity index (χ1) is 12.4. The molecule has 0 bridgehead atoms. The average Bonchev–Trinajstić information content (AvgIpc) is 3.05. The Morgan fingerprint density at radius 2 is 1.77 bits per heavy atom. The van der Waals surface area contributed by atoms with E-state index in [1.54, 1.807) is 4.68 Å². The van der Waals surface area contributed by atoms with Crippen LogP contribution in [0, 0.1) is 13.8 Å². The van der Waals surface area contributed by atoms with Crippen LogP contribution in [0.25, 0.3) is 5.69 Å². The van der Waals surface area contributed by atoms with Crippen LogP contribution in [0.4, 0.5) is 5.69 Å². The molecule has 0 saturated heterocycles. The molecular formula is C17H15Br2N5OS. The van der Waals surface area contributed by atoms with E-state index in [-0.39, 0.29) is 11.7 Å². The number of nitrogens with zero attached hydrogens (tertiary/aromatic N) is 4. The van der Waals surface area contributed by atoms with Gasteiger partial charge in [0.2, 0.25) is 11.1 Å². The average molecular weight is 497 g/mol. The molecule has 0 aliphatic rings. The second-order valence-electron chi connectivity index (χ2n) is 5.65. The molecule has 0 atom stereocenters. The molecule has 0 aliphatic heterocycles. The molecule has 0 unspecified atom stereocenters. The van der Waals surface area contributed by atoms with Crippen LogP contribution in [-0.4, -0.2) is 31.9 Å². The second kappa shape index (κ2) is 8.32. The summed E-state index contributed by atoms with van der Waals surface area (Å²) in [5.74, 6) is 0.0534. The number of hydrogen-bond donors (Lipinski definition) is 1. The molecule has 0 radical (unpaired) electrons. The normalized spacial score (nSPS) is 10.8. The number of aryl methyl sites for hydroxylation is 2. The minimum atomic E-state index is -0.140. The summed E-state index contributed by atoms with van der Waals surface area (Å²) < 4.78 is 3.27. The van der Waals surface area contributed by atoms with E-state index in [1.807, 2.05) is 50.2 Å². The van der Waals surface area contributed by atoms with Gasteiger partial charge in [0.25, 0.3) is 0 Å². The van der Waals surface area contributed by atoms with E-state index in [0.29, 0.717) is 10.8 Å². The quantitative estimate of drug-likeness (QED) is 0.525. The maximum atomic E-state index is 12.3. The largest absolute Gasteiger partial charge is 0.323 e. The first-order valence-electron chi connectivity index (χ1n) is 7.68. The first kappa shape index (κ1) is 19.1. The molecule has 9 heteroatoms. The summed E-state index contributed by atoms with van der Waals surface area (Å²) in [6.45, 7) is 4.01. The molecular weight excluding hydrogens is 482 g/mol. The molecule has 1 amide bonds. The van der Waals surface area contributed by atoms with Gasteiger partial charge in [-0.15, -0.1) is 5.10 Å². The van der Waals surface area contributed by atoms with Crippen molar-refractivity contribution in [3.05, 3.63) is 56.5 Å². The van der Waals surface area contributed by atoms with Crippen molar-refractivity contribution in [2.24, 2.45) is 0 Å². The first-order valence-corrected chi connectivity index (χ1v) is 10.2. The molecule has 26 heavy (non-hydrogen) atoms. The summed E-state index contributed by atoms with van der Waals surface area (Å²) in [7, 11) is 0. The zero-order valence-electron chi connectivity index (χ0n) is 14.0.